The normalized spacial score (nSPS) is 12.0. The molecular weight excluding hydrogens is 304 g/mol. The monoisotopic (exact) mass is 330 g/mol. The molecule has 0 aliphatic rings. The number of carbonyl (C=O) groups is 1. The maximum absolute atomic E-state index is 12.7. The Morgan fingerprint density at radius 2 is 2.04 bits per heavy atom. The first kappa shape index (κ1) is 18.0. The molecule has 1 aromatic heterocycles. The molecule has 0 saturated heterocycles. The van der Waals surface area contributed by atoms with Crippen molar-refractivity contribution in [2.75, 3.05) is 13.7 Å². The van der Waals surface area contributed by atoms with Gasteiger partial charge < -0.3 is 9.64 Å². The third-order valence-corrected chi connectivity index (χ3v) is 4.17. The zero-order valence-electron chi connectivity index (χ0n) is 14.7. The molecule has 1 atom stereocenters. The van der Waals surface area contributed by atoms with Gasteiger partial charge in [0.1, 0.15) is 18.4 Å². The van der Waals surface area contributed by atoms with Crippen molar-refractivity contribution in [3.63, 3.8) is 0 Å². The van der Waals surface area contributed by atoms with E-state index in [0.717, 1.165) is 24.2 Å². The van der Waals surface area contributed by atoms with E-state index >= 15 is 0 Å². The molecule has 6 nitrogen and oxygen atoms in total. The standard InChI is InChI=1S/C18H26N4O2/c1-4-17(15-8-10-16(24-3)11-9-15)22(5-2)18(23)7-6-12-21-14-19-13-20-21/h8-11,13-14,17H,4-7,12H2,1-3H3/t17-/m0/s1. The smallest absolute Gasteiger partial charge is 0.223 e. The summed E-state index contributed by atoms with van der Waals surface area (Å²) < 4.78 is 6.97. The molecule has 0 saturated carbocycles. The SMILES string of the molecule is CC[C@@H](c1ccc(OC)cc1)N(CC)C(=O)CCCn1cncn1. The number of benzene rings is 1. The van der Waals surface area contributed by atoms with Crippen LogP contribution in [0.4, 0.5) is 0 Å². The fraction of sp³-hybridized carbons (Fsp3) is 0.500. The van der Waals surface area contributed by atoms with Crippen LogP contribution >= 0.6 is 0 Å². The Hall–Kier alpha value is -2.37. The van der Waals surface area contributed by atoms with E-state index in [4.69, 9.17) is 4.74 Å². The van der Waals surface area contributed by atoms with Crippen molar-refractivity contribution in [1.82, 2.24) is 19.7 Å². The van der Waals surface area contributed by atoms with Gasteiger partial charge in [-0.3, -0.25) is 9.48 Å². The van der Waals surface area contributed by atoms with E-state index in [2.05, 4.69) is 17.0 Å². The fourth-order valence-corrected chi connectivity index (χ4v) is 2.92. The molecule has 0 aliphatic carbocycles. The average Bonchev–Trinajstić information content (AvgIpc) is 3.13. The van der Waals surface area contributed by atoms with Crippen molar-refractivity contribution >= 4 is 5.91 Å². The van der Waals surface area contributed by atoms with Gasteiger partial charge >= 0.3 is 0 Å². The minimum absolute atomic E-state index is 0.0970. The second-order valence-electron chi connectivity index (χ2n) is 5.64. The molecule has 2 rings (SSSR count). The van der Waals surface area contributed by atoms with Gasteiger partial charge in [-0.2, -0.15) is 5.10 Å². The van der Waals surface area contributed by atoms with Gasteiger partial charge in [0.25, 0.3) is 0 Å². The highest BCUT2D eigenvalue weighted by Gasteiger charge is 2.22. The molecular formula is C18H26N4O2. The second-order valence-corrected chi connectivity index (χ2v) is 5.64. The lowest BCUT2D eigenvalue weighted by molar-refractivity contribution is -0.133. The summed E-state index contributed by atoms with van der Waals surface area (Å²) in [5, 5.41) is 4.06. The summed E-state index contributed by atoms with van der Waals surface area (Å²) in [4.78, 5) is 18.5. The Morgan fingerprint density at radius 1 is 1.29 bits per heavy atom. The lowest BCUT2D eigenvalue weighted by Gasteiger charge is -2.31. The minimum atomic E-state index is 0.0970. The number of carbonyl (C=O) groups excluding carboxylic acids is 1. The van der Waals surface area contributed by atoms with Gasteiger partial charge in [0.05, 0.1) is 13.2 Å². The molecule has 0 aliphatic heterocycles. The van der Waals surface area contributed by atoms with Crippen LogP contribution in [-0.4, -0.2) is 39.2 Å². The Bertz CT molecular complexity index is 610. The summed E-state index contributed by atoms with van der Waals surface area (Å²) in [6.07, 6.45) is 5.35. The number of aromatic nitrogens is 3. The molecule has 2 aromatic rings. The topological polar surface area (TPSA) is 60.2 Å². The van der Waals surface area contributed by atoms with E-state index in [1.54, 1.807) is 18.1 Å². The van der Waals surface area contributed by atoms with Crippen LogP contribution in [0.5, 0.6) is 5.75 Å². The van der Waals surface area contributed by atoms with Crippen LogP contribution in [0.15, 0.2) is 36.9 Å². The lowest BCUT2D eigenvalue weighted by Crippen LogP contribution is -2.34. The number of nitrogens with zero attached hydrogens (tertiary/aromatic N) is 4. The number of ether oxygens (including phenoxy) is 1. The van der Waals surface area contributed by atoms with Crippen LogP contribution < -0.4 is 4.74 Å². The van der Waals surface area contributed by atoms with E-state index in [-0.39, 0.29) is 11.9 Å². The number of hydrogen-bond acceptors (Lipinski definition) is 4. The summed E-state index contributed by atoms with van der Waals surface area (Å²) in [5.74, 6) is 1.01. The molecule has 0 N–H and O–H groups in total. The lowest BCUT2D eigenvalue weighted by atomic mass is 10.0. The van der Waals surface area contributed by atoms with E-state index in [1.807, 2.05) is 36.1 Å². The maximum atomic E-state index is 12.7. The summed E-state index contributed by atoms with van der Waals surface area (Å²) >= 11 is 0. The first-order valence-electron chi connectivity index (χ1n) is 8.45. The van der Waals surface area contributed by atoms with Crippen molar-refractivity contribution in [3.05, 3.63) is 42.5 Å². The second kappa shape index (κ2) is 9.05. The predicted molar refractivity (Wildman–Crippen MR) is 92.7 cm³/mol. The van der Waals surface area contributed by atoms with Crippen LogP contribution in [-0.2, 0) is 11.3 Å². The first-order chi connectivity index (χ1) is 11.7. The van der Waals surface area contributed by atoms with Crippen molar-refractivity contribution in [1.29, 1.82) is 0 Å². The molecule has 0 unspecified atom stereocenters. The van der Waals surface area contributed by atoms with Gasteiger partial charge in [-0.25, -0.2) is 4.98 Å². The zero-order chi connectivity index (χ0) is 17.4. The van der Waals surface area contributed by atoms with Gasteiger partial charge in [-0.05, 0) is 37.5 Å². The molecule has 130 valence electrons. The van der Waals surface area contributed by atoms with Crippen molar-refractivity contribution < 1.29 is 9.53 Å². The summed E-state index contributed by atoms with van der Waals surface area (Å²) in [6, 6.07) is 8.07. The van der Waals surface area contributed by atoms with E-state index in [0.29, 0.717) is 19.5 Å². The molecule has 0 bridgehead atoms. The third-order valence-electron chi connectivity index (χ3n) is 4.17. The van der Waals surface area contributed by atoms with Gasteiger partial charge in [0, 0.05) is 19.5 Å². The quantitative estimate of drug-likeness (QED) is 0.709. The van der Waals surface area contributed by atoms with Crippen LogP contribution in [0, 0.1) is 0 Å². The number of hydrogen-bond donors (Lipinski definition) is 0. The van der Waals surface area contributed by atoms with Gasteiger partial charge in [-0.1, -0.05) is 19.1 Å². The van der Waals surface area contributed by atoms with E-state index in [9.17, 15) is 4.79 Å². The van der Waals surface area contributed by atoms with Crippen molar-refractivity contribution in [3.8, 4) is 5.75 Å². The Kier molecular flexibility index (Phi) is 6.78. The largest absolute Gasteiger partial charge is 0.497 e. The molecule has 0 fully saturated rings. The van der Waals surface area contributed by atoms with Gasteiger partial charge in [0.15, 0.2) is 0 Å². The predicted octanol–water partition coefficient (Wildman–Crippen LogP) is 3.07. The summed E-state index contributed by atoms with van der Waals surface area (Å²) in [6.45, 7) is 5.55. The highest BCUT2D eigenvalue weighted by Crippen LogP contribution is 2.26. The number of amides is 1. The molecule has 0 spiro atoms. The van der Waals surface area contributed by atoms with Crippen LogP contribution in [0.1, 0.15) is 44.7 Å². The molecule has 0 radical (unpaired) electrons. The number of aryl methyl sites for hydroxylation is 1. The highest BCUT2D eigenvalue weighted by molar-refractivity contribution is 5.76. The minimum Gasteiger partial charge on any atom is -0.497 e. The van der Waals surface area contributed by atoms with Gasteiger partial charge in [0.2, 0.25) is 5.91 Å². The molecule has 1 heterocycles. The van der Waals surface area contributed by atoms with Crippen molar-refractivity contribution in [2.45, 2.75) is 45.7 Å². The van der Waals surface area contributed by atoms with Gasteiger partial charge in [-0.15, -0.1) is 0 Å². The molecule has 1 amide bonds. The average molecular weight is 330 g/mol. The van der Waals surface area contributed by atoms with E-state index < -0.39 is 0 Å². The highest BCUT2D eigenvalue weighted by atomic mass is 16.5. The van der Waals surface area contributed by atoms with E-state index in [1.165, 1.54) is 6.33 Å². The van der Waals surface area contributed by atoms with Crippen molar-refractivity contribution in [2.24, 2.45) is 0 Å². The maximum Gasteiger partial charge on any atom is 0.223 e. The molecule has 24 heavy (non-hydrogen) atoms. The van der Waals surface area contributed by atoms with Crippen LogP contribution in [0.3, 0.4) is 0 Å². The molecule has 6 heteroatoms. The van der Waals surface area contributed by atoms with Crippen LogP contribution in [0.25, 0.3) is 0 Å². The number of methoxy groups -OCH3 is 1. The zero-order valence-corrected chi connectivity index (χ0v) is 14.7. The Balaban J connectivity index is 1.98. The Morgan fingerprint density at radius 3 is 2.58 bits per heavy atom. The summed E-state index contributed by atoms with van der Waals surface area (Å²) in [5.41, 5.74) is 1.14. The molecule has 1 aromatic carbocycles. The summed E-state index contributed by atoms with van der Waals surface area (Å²) in [7, 11) is 1.66. The third kappa shape index (κ3) is 4.57. The fourth-order valence-electron chi connectivity index (χ4n) is 2.92. The van der Waals surface area contributed by atoms with Crippen LogP contribution in [0.2, 0.25) is 0 Å². The number of rotatable bonds is 9. The first-order valence-corrected chi connectivity index (χ1v) is 8.45. The Labute approximate surface area is 143 Å².